The molecule has 0 aromatic heterocycles. The van der Waals surface area contributed by atoms with Gasteiger partial charge < -0.3 is 5.32 Å². The molecule has 0 aliphatic heterocycles. The molecule has 0 bridgehead atoms. The lowest BCUT2D eigenvalue weighted by Gasteiger charge is -2.41. The molecule has 2 saturated carbocycles. The van der Waals surface area contributed by atoms with E-state index in [0.29, 0.717) is 0 Å². The van der Waals surface area contributed by atoms with Crippen molar-refractivity contribution in [3.63, 3.8) is 0 Å². The molecule has 1 N–H and O–H groups in total. The minimum absolute atomic E-state index is 0.901. The van der Waals surface area contributed by atoms with Gasteiger partial charge in [-0.05, 0) is 50.0 Å². The number of nitrogens with one attached hydrogen (secondary N) is 1. The van der Waals surface area contributed by atoms with Crippen molar-refractivity contribution in [2.24, 2.45) is 17.8 Å². The van der Waals surface area contributed by atoms with Gasteiger partial charge in [-0.25, -0.2) is 0 Å². The van der Waals surface area contributed by atoms with E-state index in [9.17, 15) is 0 Å². The Hall–Kier alpha value is -0.0400. The summed E-state index contributed by atoms with van der Waals surface area (Å²) in [7, 11) is 0. The van der Waals surface area contributed by atoms with Crippen molar-refractivity contribution < 1.29 is 0 Å². The topological polar surface area (TPSA) is 12.0 Å². The molecule has 0 aromatic carbocycles. The van der Waals surface area contributed by atoms with Crippen LogP contribution >= 0.6 is 0 Å². The second kappa shape index (κ2) is 4.65. The zero-order valence-corrected chi connectivity index (χ0v) is 9.76. The lowest BCUT2D eigenvalue weighted by molar-refractivity contribution is 0.105. The Morgan fingerprint density at radius 1 is 1.21 bits per heavy atom. The molecule has 2 rings (SSSR count). The van der Waals surface area contributed by atoms with Crippen molar-refractivity contribution in [1.82, 2.24) is 5.32 Å². The molecule has 2 aliphatic rings. The van der Waals surface area contributed by atoms with E-state index in [1.807, 2.05) is 0 Å². The summed E-state index contributed by atoms with van der Waals surface area (Å²) in [4.78, 5) is 0. The molecule has 0 heterocycles. The molecule has 3 unspecified atom stereocenters. The molecule has 1 heteroatoms. The van der Waals surface area contributed by atoms with Gasteiger partial charge in [0.2, 0.25) is 0 Å². The smallest absolute Gasteiger partial charge is 0.00683 e. The highest BCUT2D eigenvalue weighted by Crippen LogP contribution is 2.41. The maximum absolute atomic E-state index is 3.69. The Bertz CT molecular complexity index is 174. The predicted octanol–water partition coefficient (Wildman–Crippen LogP) is 3.20. The lowest BCUT2D eigenvalue weighted by atomic mass is 9.66. The van der Waals surface area contributed by atoms with Crippen molar-refractivity contribution >= 4 is 0 Å². The largest absolute Gasteiger partial charge is 0.314 e. The highest BCUT2D eigenvalue weighted by molar-refractivity contribution is 4.88. The van der Waals surface area contributed by atoms with Gasteiger partial charge in [0.1, 0.15) is 0 Å². The van der Waals surface area contributed by atoms with Crippen molar-refractivity contribution in [3.8, 4) is 0 Å². The quantitative estimate of drug-likeness (QED) is 0.686. The van der Waals surface area contributed by atoms with E-state index in [-0.39, 0.29) is 0 Å². The van der Waals surface area contributed by atoms with Crippen LogP contribution in [-0.2, 0) is 0 Å². The minimum atomic E-state index is 0.901. The first-order valence-electron chi connectivity index (χ1n) is 6.54. The maximum atomic E-state index is 3.69. The summed E-state index contributed by atoms with van der Waals surface area (Å²) in [6, 6.07) is 0.901. The van der Waals surface area contributed by atoms with E-state index in [1.165, 1.54) is 45.1 Å². The zero-order valence-electron chi connectivity index (χ0n) is 9.76. The molecule has 0 spiro atoms. The van der Waals surface area contributed by atoms with Crippen LogP contribution in [0.25, 0.3) is 0 Å². The molecule has 0 radical (unpaired) electrons. The number of hydrogen-bond acceptors (Lipinski definition) is 1. The molecule has 0 amide bonds. The fourth-order valence-corrected chi connectivity index (χ4v) is 2.87. The predicted molar refractivity (Wildman–Crippen MR) is 61.3 cm³/mol. The third-order valence-corrected chi connectivity index (χ3v) is 4.20. The number of hydrogen-bond donors (Lipinski definition) is 1. The van der Waals surface area contributed by atoms with Gasteiger partial charge in [-0.1, -0.05) is 26.7 Å². The first-order chi connectivity index (χ1) is 6.81. The van der Waals surface area contributed by atoms with Gasteiger partial charge in [0.05, 0.1) is 0 Å². The van der Waals surface area contributed by atoms with Crippen LogP contribution in [0.1, 0.15) is 52.4 Å². The normalized spacial score (nSPS) is 33.9. The summed E-state index contributed by atoms with van der Waals surface area (Å²) < 4.78 is 0. The van der Waals surface area contributed by atoms with Crippen LogP contribution in [0.2, 0.25) is 0 Å². The van der Waals surface area contributed by atoms with Crippen LogP contribution in [0.4, 0.5) is 0 Å². The molecule has 3 atom stereocenters. The average molecular weight is 195 g/mol. The fraction of sp³-hybridized carbons (Fsp3) is 1.00. The second-order valence-corrected chi connectivity index (χ2v) is 5.45. The van der Waals surface area contributed by atoms with Crippen LogP contribution < -0.4 is 5.32 Å². The summed E-state index contributed by atoms with van der Waals surface area (Å²) in [5.74, 6) is 3.03. The lowest BCUT2D eigenvalue weighted by Crippen LogP contribution is -2.39. The first kappa shape index (κ1) is 10.5. The standard InChI is InChI=1S/C13H25N/c1-3-4-10(2)13-8-5-11(13)9-14-12-6-7-12/h10-14H,3-9H2,1-2H3. The molecule has 1 nitrogen and oxygen atoms in total. The number of rotatable bonds is 6. The Kier molecular flexibility index (Phi) is 3.48. The first-order valence-corrected chi connectivity index (χ1v) is 6.54. The summed E-state index contributed by atoms with van der Waals surface area (Å²) in [5, 5.41) is 3.69. The third kappa shape index (κ3) is 2.50. The summed E-state index contributed by atoms with van der Waals surface area (Å²) >= 11 is 0. The van der Waals surface area contributed by atoms with Gasteiger partial charge >= 0.3 is 0 Å². The van der Waals surface area contributed by atoms with Gasteiger partial charge in [0.25, 0.3) is 0 Å². The molecule has 2 fully saturated rings. The van der Waals surface area contributed by atoms with Crippen molar-refractivity contribution in [3.05, 3.63) is 0 Å². The van der Waals surface area contributed by atoms with E-state index in [2.05, 4.69) is 19.2 Å². The highest BCUT2D eigenvalue weighted by Gasteiger charge is 2.35. The van der Waals surface area contributed by atoms with Gasteiger partial charge in [-0.15, -0.1) is 0 Å². The highest BCUT2D eigenvalue weighted by atomic mass is 14.9. The Balaban J connectivity index is 1.65. The molecular weight excluding hydrogens is 170 g/mol. The molecule has 82 valence electrons. The van der Waals surface area contributed by atoms with Crippen molar-refractivity contribution in [2.75, 3.05) is 6.54 Å². The molecule has 2 aliphatic carbocycles. The van der Waals surface area contributed by atoms with Gasteiger partial charge in [0.15, 0.2) is 0 Å². The molecular formula is C13H25N. The van der Waals surface area contributed by atoms with E-state index < -0.39 is 0 Å². The minimum Gasteiger partial charge on any atom is -0.314 e. The van der Waals surface area contributed by atoms with E-state index in [0.717, 1.165) is 23.8 Å². The monoisotopic (exact) mass is 195 g/mol. The SMILES string of the molecule is CCCC(C)C1CCC1CNC1CC1. The van der Waals surface area contributed by atoms with Crippen molar-refractivity contribution in [2.45, 2.75) is 58.4 Å². The third-order valence-electron chi connectivity index (χ3n) is 4.20. The molecule has 14 heavy (non-hydrogen) atoms. The van der Waals surface area contributed by atoms with Crippen LogP contribution in [-0.4, -0.2) is 12.6 Å². The Morgan fingerprint density at radius 2 is 2.00 bits per heavy atom. The van der Waals surface area contributed by atoms with E-state index >= 15 is 0 Å². The van der Waals surface area contributed by atoms with E-state index in [1.54, 1.807) is 0 Å². The van der Waals surface area contributed by atoms with Gasteiger partial charge in [-0.2, -0.15) is 0 Å². The van der Waals surface area contributed by atoms with E-state index in [4.69, 9.17) is 0 Å². The second-order valence-electron chi connectivity index (χ2n) is 5.45. The molecule has 0 aromatic rings. The molecule has 0 saturated heterocycles. The Morgan fingerprint density at radius 3 is 2.50 bits per heavy atom. The summed E-state index contributed by atoms with van der Waals surface area (Å²) in [5.41, 5.74) is 0. The maximum Gasteiger partial charge on any atom is 0.00683 e. The van der Waals surface area contributed by atoms with Gasteiger partial charge in [0, 0.05) is 6.04 Å². The van der Waals surface area contributed by atoms with Crippen LogP contribution in [0.15, 0.2) is 0 Å². The van der Waals surface area contributed by atoms with Crippen LogP contribution in [0.5, 0.6) is 0 Å². The van der Waals surface area contributed by atoms with Crippen molar-refractivity contribution in [1.29, 1.82) is 0 Å². The van der Waals surface area contributed by atoms with Gasteiger partial charge in [-0.3, -0.25) is 0 Å². The van der Waals surface area contributed by atoms with Crippen LogP contribution in [0.3, 0.4) is 0 Å². The van der Waals surface area contributed by atoms with Crippen LogP contribution in [0, 0.1) is 17.8 Å². The Labute approximate surface area is 88.7 Å². The fourth-order valence-electron chi connectivity index (χ4n) is 2.87. The summed E-state index contributed by atoms with van der Waals surface area (Å²) in [6.07, 6.45) is 8.64. The summed E-state index contributed by atoms with van der Waals surface area (Å²) in [6.45, 7) is 6.08. The average Bonchev–Trinajstić information content (AvgIpc) is 2.86. The zero-order chi connectivity index (χ0) is 9.97.